The third-order valence-corrected chi connectivity index (χ3v) is 3.14. The predicted octanol–water partition coefficient (Wildman–Crippen LogP) is 2.85. The van der Waals surface area contributed by atoms with Crippen LogP contribution in [0.1, 0.15) is 47.5 Å². The molecule has 2 rings (SSSR count). The van der Waals surface area contributed by atoms with Crippen LogP contribution >= 0.6 is 11.6 Å². The van der Waals surface area contributed by atoms with Crippen molar-refractivity contribution in [2.24, 2.45) is 0 Å². The van der Waals surface area contributed by atoms with Gasteiger partial charge in [-0.25, -0.2) is 9.97 Å². The number of H-pyrrole nitrogens is 1. The van der Waals surface area contributed by atoms with Crippen LogP contribution in [0.4, 0.5) is 5.69 Å². The first kappa shape index (κ1) is 14.5. The summed E-state index contributed by atoms with van der Waals surface area (Å²) in [5, 5.41) is 9.83. The van der Waals surface area contributed by atoms with E-state index in [1.807, 2.05) is 20.8 Å². The molecular weight excluding hydrogens is 278 g/mol. The highest BCUT2D eigenvalue weighted by Crippen LogP contribution is 2.20. The van der Waals surface area contributed by atoms with E-state index in [1.54, 1.807) is 6.92 Å². The molecule has 6 nitrogen and oxygen atoms in total. The number of amides is 1. The summed E-state index contributed by atoms with van der Waals surface area (Å²) in [5.41, 5.74) is 2.32. The van der Waals surface area contributed by atoms with Gasteiger partial charge in [0.05, 0.1) is 28.3 Å². The van der Waals surface area contributed by atoms with E-state index in [9.17, 15) is 4.79 Å². The third kappa shape index (κ3) is 2.80. The fourth-order valence-electron chi connectivity index (χ4n) is 1.73. The second kappa shape index (κ2) is 5.58. The molecule has 2 aromatic rings. The second-order valence-corrected chi connectivity index (χ2v) is 5.25. The molecule has 0 atom stereocenters. The number of halogens is 1. The summed E-state index contributed by atoms with van der Waals surface area (Å²) in [4.78, 5) is 20.6. The van der Waals surface area contributed by atoms with Crippen LogP contribution < -0.4 is 5.32 Å². The number of anilines is 1. The van der Waals surface area contributed by atoms with Crippen molar-refractivity contribution in [2.75, 3.05) is 5.32 Å². The van der Waals surface area contributed by atoms with E-state index < -0.39 is 0 Å². The minimum atomic E-state index is -0.369. The van der Waals surface area contributed by atoms with Crippen LogP contribution in [0.25, 0.3) is 0 Å². The van der Waals surface area contributed by atoms with E-state index in [0.29, 0.717) is 17.2 Å². The number of nitrogens with zero attached hydrogens (tertiary/aromatic N) is 3. The van der Waals surface area contributed by atoms with Crippen molar-refractivity contribution in [3.8, 4) is 0 Å². The molecule has 0 spiro atoms. The molecular formula is C13H16ClN5O. The van der Waals surface area contributed by atoms with Crippen LogP contribution in [-0.4, -0.2) is 26.1 Å². The first-order valence-electron chi connectivity index (χ1n) is 6.25. The van der Waals surface area contributed by atoms with Gasteiger partial charge in [0, 0.05) is 5.92 Å². The normalized spacial score (nSPS) is 10.9. The van der Waals surface area contributed by atoms with Crippen LogP contribution in [-0.2, 0) is 0 Å². The predicted molar refractivity (Wildman–Crippen MR) is 77.1 cm³/mol. The Morgan fingerprint density at radius 3 is 2.65 bits per heavy atom. The zero-order valence-electron chi connectivity index (χ0n) is 11.8. The molecule has 2 aromatic heterocycles. The van der Waals surface area contributed by atoms with E-state index in [2.05, 4.69) is 25.5 Å². The van der Waals surface area contributed by atoms with Gasteiger partial charge in [-0.05, 0) is 13.8 Å². The fourth-order valence-corrected chi connectivity index (χ4v) is 1.90. The molecule has 1 amide bonds. The van der Waals surface area contributed by atoms with Crippen LogP contribution in [0, 0.1) is 13.8 Å². The van der Waals surface area contributed by atoms with Crippen molar-refractivity contribution < 1.29 is 4.79 Å². The summed E-state index contributed by atoms with van der Waals surface area (Å²) in [6, 6.07) is 0. The molecule has 0 aromatic carbocycles. The van der Waals surface area contributed by atoms with Crippen molar-refractivity contribution in [1.29, 1.82) is 0 Å². The number of aromatic nitrogens is 4. The monoisotopic (exact) mass is 293 g/mol. The molecule has 0 unspecified atom stereocenters. The van der Waals surface area contributed by atoms with Gasteiger partial charge in [0.25, 0.3) is 5.91 Å². The van der Waals surface area contributed by atoms with Gasteiger partial charge in [-0.1, -0.05) is 25.4 Å². The van der Waals surface area contributed by atoms with Gasteiger partial charge in [-0.3, -0.25) is 9.89 Å². The quantitative estimate of drug-likeness (QED) is 0.911. The number of aromatic amines is 1. The summed E-state index contributed by atoms with van der Waals surface area (Å²) in [5.74, 6) is 0.336. The van der Waals surface area contributed by atoms with Crippen molar-refractivity contribution in [3.63, 3.8) is 0 Å². The lowest BCUT2D eigenvalue weighted by Crippen LogP contribution is -2.17. The lowest BCUT2D eigenvalue weighted by Gasteiger charge is -2.09. The Morgan fingerprint density at radius 1 is 1.40 bits per heavy atom. The molecule has 0 saturated heterocycles. The first-order valence-corrected chi connectivity index (χ1v) is 6.63. The number of hydrogen-bond acceptors (Lipinski definition) is 4. The highest BCUT2D eigenvalue weighted by Gasteiger charge is 2.18. The van der Waals surface area contributed by atoms with Gasteiger partial charge in [-0.2, -0.15) is 5.10 Å². The highest BCUT2D eigenvalue weighted by molar-refractivity contribution is 6.33. The Labute approximate surface area is 122 Å². The summed E-state index contributed by atoms with van der Waals surface area (Å²) in [7, 11) is 0. The summed E-state index contributed by atoms with van der Waals surface area (Å²) in [6.07, 6.45) is 1.45. The zero-order valence-corrected chi connectivity index (χ0v) is 12.5. The van der Waals surface area contributed by atoms with E-state index in [-0.39, 0.29) is 22.5 Å². The molecule has 0 bridgehead atoms. The lowest BCUT2D eigenvalue weighted by molar-refractivity contribution is 0.102. The Balaban J connectivity index is 2.32. The van der Waals surface area contributed by atoms with Gasteiger partial charge in [-0.15, -0.1) is 0 Å². The van der Waals surface area contributed by atoms with Gasteiger partial charge in [0.1, 0.15) is 5.82 Å². The van der Waals surface area contributed by atoms with Crippen molar-refractivity contribution in [3.05, 3.63) is 34.1 Å². The average molecular weight is 294 g/mol. The van der Waals surface area contributed by atoms with E-state index in [1.165, 1.54) is 6.20 Å². The molecule has 106 valence electrons. The molecule has 2 heterocycles. The summed E-state index contributed by atoms with van der Waals surface area (Å²) >= 11 is 6.01. The van der Waals surface area contributed by atoms with Crippen LogP contribution in [0.3, 0.4) is 0 Å². The van der Waals surface area contributed by atoms with Crippen molar-refractivity contribution >= 4 is 23.2 Å². The van der Waals surface area contributed by atoms with Gasteiger partial charge in [0.15, 0.2) is 5.69 Å². The maximum Gasteiger partial charge on any atom is 0.276 e. The molecule has 7 heteroatoms. The highest BCUT2D eigenvalue weighted by atomic mass is 35.5. The Hall–Kier alpha value is -1.95. The van der Waals surface area contributed by atoms with Crippen molar-refractivity contribution in [1.82, 2.24) is 20.2 Å². The Kier molecular flexibility index (Phi) is 4.04. The number of nitrogens with one attached hydrogen (secondary N) is 2. The van der Waals surface area contributed by atoms with Crippen LogP contribution in [0.15, 0.2) is 6.20 Å². The van der Waals surface area contributed by atoms with E-state index >= 15 is 0 Å². The van der Waals surface area contributed by atoms with E-state index in [0.717, 1.165) is 5.69 Å². The topological polar surface area (TPSA) is 83.6 Å². The average Bonchev–Trinajstić information content (AvgIpc) is 2.70. The summed E-state index contributed by atoms with van der Waals surface area (Å²) in [6.45, 7) is 7.54. The minimum Gasteiger partial charge on any atom is -0.317 e. The van der Waals surface area contributed by atoms with Gasteiger partial charge >= 0.3 is 0 Å². The lowest BCUT2D eigenvalue weighted by atomic mass is 10.2. The number of hydrogen-bond donors (Lipinski definition) is 2. The molecule has 0 radical (unpaired) electrons. The maximum atomic E-state index is 12.3. The number of carbonyl (C=O) groups is 1. The third-order valence-electron chi connectivity index (χ3n) is 2.86. The first-order chi connectivity index (χ1) is 9.40. The SMILES string of the molecule is Cc1n[nH]c(C)c1NC(=O)c1nc(C(C)C)ncc1Cl. The molecule has 20 heavy (non-hydrogen) atoms. The van der Waals surface area contributed by atoms with Crippen molar-refractivity contribution in [2.45, 2.75) is 33.6 Å². The maximum absolute atomic E-state index is 12.3. The largest absolute Gasteiger partial charge is 0.317 e. The molecule has 0 aliphatic rings. The molecule has 0 fully saturated rings. The van der Waals surface area contributed by atoms with Crippen LogP contribution in [0.5, 0.6) is 0 Å². The molecule has 0 aliphatic carbocycles. The standard InChI is InChI=1S/C13H16ClN5O/c1-6(2)12-15-5-9(14)11(16-12)13(20)17-10-7(3)18-19-8(10)4/h5-6H,1-4H3,(H,17,20)(H,18,19). The zero-order chi connectivity index (χ0) is 14.9. The minimum absolute atomic E-state index is 0.121. The molecule has 0 saturated carbocycles. The molecule has 0 aliphatic heterocycles. The van der Waals surface area contributed by atoms with Gasteiger partial charge < -0.3 is 5.32 Å². The fraction of sp³-hybridized carbons (Fsp3) is 0.385. The second-order valence-electron chi connectivity index (χ2n) is 4.84. The Morgan fingerprint density at radius 2 is 2.10 bits per heavy atom. The smallest absolute Gasteiger partial charge is 0.276 e. The number of aryl methyl sites for hydroxylation is 2. The van der Waals surface area contributed by atoms with Crippen LogP contribution in [0.2, 0.25) is 5.02 Å². The number of carbonyl (C=O) groups excluding carboxylic acids is 1. The number of rotatable bonds is 3. The van der Waals surface area contributed by atoms with E-state index in [4.69, 9.17) is 11.6 Å². The van der Waals surface area contributed by atoms with Gasteiger partial charge in [0.2, 0.25) is 0 Å². The molecule has 2 N–H and O–H groups in total. The summed E-state index contributed by atoms with van der Waals surface area (Å²) < 4.78 is 0. The Bertz CT molecular complexity index is 631.